The number of hydrogen-bond donors (Lipinski definition) is 2. The minimum atomic E-state index is -2.71. The highest BCUT2D eigenvalue weighted by atomic mass is 19.3. The number of anilines is 2. The second-order valence-corrected chi connectivity index (χ2v) is 8.80. The number of pyridine rings is 1. The number of hydrogen-bond acceptors (Lipinski definition) is 6. The van der Waals surface area contributed by atoms with Gasteiger partial charge >= 0.3 is 0 Å². The molecule has 0 spiro atoms. The zero-order valence-corrected chi connectivity index (χ0v) is 23.2. The molecule has 0 aliphatic heterocycles. The van der Waals surface area contributed by atoms with Crippen LogP contribution in [0.15, 0.2) is 46.3 Å². The quantitative estimate of drug-likeness (QED) is 0.264. The van der Waals surface area contributed by atoms with Crippen LogP contribution in [-0.4, -0.2) is 42.6 Å². The van der Waals surface area contributed by atoms with Crippen LogP contribution >= 0.6 is 0 Å². The van der Waals surface area contributed by atoms with Gasteiger partial charge in [-0.3, -0.25) is 14.6 Å². The van der Waals surface area contributed by atoms with Crippen molar-refractivity contribution in [2.24, 2.45) is 17.8 Å². The smallest absolute Gasteiger partial charge is 0.290 e. The summed E-state index contributed by atoms with van der Waals surface area (Å²) in [7, 11) is 3.29. The molecule has 1 heterocycles. The number of allylic oxidation sites excluding steroid dienone is 1. The van der Waals surface area contributed by atoms with Gasteiger partial charge in [0.1, 0.15) is 5.75 Å². The standard InChI is InChI=1S/C28H34F2N4O2.CH2O2/c1-7-9-34(26-13-20(36-6)12-25-23(26)11-18(4)28(35)33(25)5)24-14-22(27(29)30)21(10-17(24)3)19(15-31)16-32-8-2;2-1-3/h10-16,27H,7-9,31H2,1-6H3;1H,(H,2,3)/b19-15+,32-16?;. The highest BCUT2D eigenvalue weighted by Crippen LogP contribution is 2.40. The summed E-state index contributed by atoms with van der Waals surface area (Å²) in [5, 5.41) is 7.73. The summed E-state index contributed by atoms with van der Waals surface area (Å²) in [6.45, 7) is 8.41. The van der Waals surface area contributed by atoms with Crippen molar-refractivity contribution in [1.29, 1.82) is 0 Å². The van der Waals surface area contributed by atoms with E-state index in [-0.39, 0.29) is 17.6 Å². The second-order valence-electron chi connectivity index (χ2n) is 8.80. The Balaban J connectivity index is 0.00000170. The first-order chi connectivity index (χ1) is 18.6. The predicted octanol–water partition coefficient (Wildman–Crippen LogP) is 5.74. The zero-order chi connectivity index (χ0) is 29.3. The van der Waals surface area contributed by atoms with Crippen LogP contribution in [0.4, 0.5) is 20.2 Å². The summed E-state index contributed by atoms with van der Waals surface area (Å²) in [4.78, 5) is 27.2. The summed E-state index contributed by atoms with van der Waals surface area (Å²) < 4.78 is 35.8. The Morgan fingerprint density at radius 2 is 1.82 bits per heavy atom. The van der Waals surface area contributed by atoms with Gasteiger partial charge in [-0.25, -0.2) is 8.78 Å². The molecule has 2 aromatic carbocycles. The van der Waals surface area contributed by atoms with E-state index in [0.29, 0.717) is 46.7 Å². The monoisotopic (exact) mass is 542 g/mol. The van der Waals surface area contributed by atoms with Gasteiger partial charge in [-0.2, -0.15) is 0 Å². The first-order valence-corrected chi connectivity index (χ1v) is 12.5. The van der Waals surface area contributed by atoms with E-state index in [1.165, 1.54) is 18.5 Å². The molecule has 0 aliphatic carbocycles. The van der Waals surface area contributed by atoms with Crippen LogP contribution in [0.25, 0.3) is 16.5 Å². The lowest BCUT2D eigenvalue weighted by molar-refractivity contribution is -0.122. The Morgan fingerprint density at radius 1 is 1.15 bits per heavy atom. The van der Waals surface area contributed by atoms with Gasteiger partial charge in [-0.1, -0.05) is 6.92 Å². The van der Waals surface area contributed by atoms with E-state index in [0.717, 1.165) is 23.1 Å². The van der Waals surface area contributed by atoms with Gasteiger partial charge in [0.15, 0.2) is 0 Å². The minimum absolute atomic E-state index is 0.0980. The van der Waals surface area contributed by atoms with Gasteiger partial charge in [0.05, 0.1) is 18.3 Å². The molecule has 0 saturated carbocycles. The molecule has 0 saturated heterocycles. The number of aliphatic imine (C=N–C) groups is 1. The number of alkyl halides is 2. The van der Waals surface area contributed by atoms with Crippen molar-refractivity contribution in [2.75, 3.05) is 25.1 Å². The lowest BCUT2D eigenvalue weighted by atomic mass is 9.96. The first kappa shape index (κ1) is 31.0. The number of carbonyl (C=O) groups is 1. The average molecular weight is 543 g/mol. The van der Waals surface area contributed by atoms with Crippen LogP contribution in [0.2, 0.25) is 0 Å². The molecule has 1 aromatic heterocycles. The largest absolute Gasteiger partial charge is 0.497 e. The fraction of sp³-hybridized carbons (Fsp3) is 0.345. The molecular formula is C29H36F2N4O4. The van der Waals surface area contributed by atoms with Crippen LogP contribution in [0.3, 0.4) is 0 Å². The summed E-state index contributed by atoms with van der Waals surface area (Å²) in [5.41, 5.74) is 9.92. The number of nitrogens with two attached hydrogens (primary N) is 1. The third-order valence-electron chi connectivity index (χ3n) is 6.25. The number of aryl methyl sites for hydroxylation is 3. The summed E-state index contributed by atoms with van der Waals surface area (Å²) in [6, 6.07) is 8.83. The third-order valence-corrected chi connectivity index (χ3v) is 6.25. The maximum Gasteiger partial charge on any atom is 0.290 e. The van der Waals surface area contributed by atoms with E-state index in [1.807, 2.05) is 43.9 Å². The van der Waals surface area contributed by atoms with Crippen molar-refractivity contribution in [3.63, 3.8) is 0 Å². The minimum Gasteiger partial charge on any atom is -0.497 e. The number of benzene rings is 2. The van der Waals surface area contributed by atoms with Crippen molar-refractivity contribution >= 4 is 40.5 Å². The fourth-order valence-corrected chi connectivity index (χ4v) is 4.44. The van der Waals surface area contributed by atoms with Crippen LogP contribution in [-0.2, 0) is 11.8 Å². The van der Waals surface area contributed by atoms with Crippen molar-refractivity contribution < 1.29 is 23.4 Å². The average Bonchev–Trinajstić information content (AvgIpc) is 2.91. The Morgan fingerprint density at radius 3 is 2.36 bits per heavy atom. The Hall–Kier alpha value is -4.21. The van der Waals surface area contributed by atoms with Crippen LogP contribution in [0.5, 0.6) is 5.75 Å². The van der Waals surface area contributed by atoms with E-state index in [1.54, 1.807) is 31.7 Å². The number of fused-ring (bicyclic) bond motifs is 1. The fourth-order valence-electron chi connectivity index (χ4n) is 4.44. The van der Waals surface area contributed by atoms with Gasteiger partial charge in [0, 0.05) is 72.5 Å². The molecule has 0 atom stereocenters. The maximum absolute atomic E-state index is 14.3. The van der Waals surface area contributed by atoms with Crippen LogP contribution in [0.1, 0.15) is 48.9 Å². The van der Waals surface area contributed by atoms with Crippen molar-refractivity contribution in [3.8, 4) is 5.75 Å². The van der Waals surface area contributed by atoms with Crippen LogP contribution < -0.4 is 20.9 Å². The van der Waals surface area contributed by atoms with Crippen molar-refractivity contribution in [3.05, 3.63) is 69.1 Å². The topological polar surface area (TPSA) is 110 Å². The SMILES string of the molecule is CCCN(c1cc(C(F)F)c(/C(C=NCC)=C/N)cc1C)c1cc(OC)cc2c1cc(C)c(=O)n2C.O=CO. The molecule has 0 bridgehead atoms. The van der Waals surface area contributed by atoms with Gasteiger partial charge in [0.25, 0.3) is 18.5 Å². The number of rotatable bonds is 9. The molecule has 0 amide bonds. The van der Waals surface area contributed by atoms with E-state index in [4.69, 9.17) is 20.4 Å². The summed E-state index contributed by atoms with van der Waals surface area (Å²) >= 11 is 0. The summed E-state index contributed by atoms with van der Waals surface area (Å²) in [5.74, 6) is 0.574. The maximum atomic E-state index is 14.3. The predicted molar refractivity (Wildman–Crippen MR) is 154 cm³/mol. The molecule has 39 heavy (non-hydrogen) atoms. The lowest BCUT2D eigenvalue weighted by Crippen LogP contribution is -2.23. The molecular weight excluding hydrogens is 506 g/mol. The Labute approximate surface area is 227 Å². The lowest BCUT2D eigenvalue weighted by Gasteiger charge is -2.29. The molecule has 8 nitrogen and oxygen atoms in total. The van der Waals surface area contributed by atoms with E-state index < -0.39 is 6.43 Å². The molecule has 3 aromatic rings. The first-order valence-electron chi connectivity index (χ1n) is 12.5. The number of methoxy groups -OCH3 is 1. The number of carboxylic acid groups (broad SMARTS) is 1. The zero-order valence-electron chi connectivity index (χ0n) is 23.2. The van der Waals surface area contributed by atoms with E-state index in [2.05, 4.69) is 4.99 Å². The normalized spacial score (nSPS) is 11.6. The van der Waals surface area contributed by atoms with E-state index in [9.17, 15) is 13.6 Å². The molecule has 210 valence electrons. The molecule has 10 heteroatoms. The van der Waals surface area contributed by atoms with E-state index >= 15 is 0 Å². The Kier molecular flexibility index (Phi) is 11.2. The molecule has 3 rings (SSSR count). The Bertz CT molecular complexity index is 1430. The van der Waals surface area contributed by atoms with Crippen LogP contribution in [0, 0.1) is 13.8 Å². The molecule has 3 N–H and O–H groups in total. The third kappa shape index (κ3) is 6.81. The molecule has 0 fully saturated rings. The van der Waals surface area contributed by atoms with Crippen molar-refractivity contribution in [1.82, 2.24) is 4.57 Å². The number of aromatic nitrogens is 1. The number of nitrogens with zero attached hydrogens (tertiary/aromatic N) is 3. The summed E-state index contributed by atoms with van der Waals surface area (Å²) in [6.07, 6.45) is 0.898. The van der Waals surface area contributed by atoms with Gasteiger partial charge in [-0.05, 0) is 56.5 Å². The molecule has 0 radical (unpaired) electrons. The number of halogens is 2. The number of ether oxygens (including phenoxy) is 1. The highest BCUT2D eigenvalue weighted by Gasteiger charge is 2.23. The highest BCUT2D eigenvalue weighted by molar-refractivity contribution is 6.10. The molecule has 0 aliphatic rings. The van der Waals surface area contributed by atoms with Gasteiger partial charge in [-0.15, -0.1) is 0 Å². The van der Waals surface area contributed by atoms with Gasteiger partial charge < -0.3 is 25.0 Å². The second kappa shape index (κ2) is 14.1. The molecule has 0 unspecified atom stereocenters. The van der Waals surface area contributed by atoms with Gasteiger partial charge in [0.2, 0.25) is 0 Å². The van der Waals surface area contributed by atoms with Crippen molar-refractivity contribution in [2.45, 2.75) is 40.5 Å².